The molecule has 0 saturated carbocycles. The lowest BCUT2D eigenvalue weighted by atomic mass is 10.1. The van der Waals surface area contributed by atoms with Gasteiger partial charge in [-0.1, -0.05) is 36.4 Å². The van der Waals surface area contributed by atoms with E-state index in [1.807, 2.05) is 38.1 Å². The minimum absolute atomic E-state index is 0.0635. The first kappa shape index (κ1) is 20.0. The predicted molar refractivity (Wildman–Crippen MR) is 115 cm³/mol. The van der Waals surface area contributed by atoms with Crippen LogP contribution >= 0.6 is 11.3 Å². The third kappa shape index (κ3) is 3.76. The summed E-state index contributed by atoms with van der Waals surface area (Å²) in [5.41, 5.74) is 3.93. The molecule has 0 atom stereocenters. The van der Waals surface area contributed by atoms with E-state index in [-0.39, 0.29) is 30.7 Å². The minimum Gasteiger partial charge on any atom is -0.351 e. The van der Waals surface area contributed by atoms with Crippen molar-refractivity contribution in [2.24, 2.45) is 0 Å². The van der Waals surface area contributed by atoms with Crippen molar-refractivity contribution in [3.8, 4) is 10.6 Å². The molecule has 7 heteroatoms. The lowest BCUT2D eigenvalue weighted by molar-refractivity contribution is -0.121. The van der Waals surface area contributed by atoms with E-state index >= 15 is 0 Å². The molecule has 6 nitrogen and oxygen atoms in total. The van der Waals surface area contributed by atoms with Gasteiger partial charge in [0.05, 0.1) is 23.4 Å². The number of thiazole rings is 1. The molecular weight excluding hydrogens is 398 g/mol. The molecule has 152 valence electrons. The fourth-order valence-electron chi connectivity index (χ4n) is 3.44. The molecule has 1 aliphatic heterocycles. The molecule has 3 aromatic rings. The number of rotatable bonds is 6. The lowest BCUT2D eigenvalue weighted by Gasteiger charge is -2.13. The Morgan fingerprint density at radius 3 is 2.20 bits per heavy atom. The van der Waals surface area contributed by atoms with Crippen molar-refractivity contribution in [2.75, 3.05) is 6.54 Å². The first-order valence-electron chi connectivity index (χ1n) is 9.70. The second kappa shape index (κ2) is 8.20. The van der Waals surface area contributed by atoms with Crippen LogP contribution in [0, 0.1) is 13.8 Å². The van der Waals surface area contributed by atoms with Crippen LogP contribution in [0.2, 0.25) is 0 Å². The number of benzene rings is 2. The number of amides is 3. The van der Waals surface area contributed by atoms with Crippen molar-refractivity contribution < 1.29 is 14.4 Å². The Morgan fingerprint density at radius 1 is 0.967 bits per heavy atom. The van der Waals surface area contributed by atoms with Crippen LogP contribution < -0.4 is 5.32 Å². The van der Waals surface area contributed by atoms with E-state index in [1.165, 1.54) is 0 Å². The van der Waals surface area contributed by atoms with Crippen LogP contribution in [0.5, 0.6) is 0 Å². The van der Waals surface area contributed by atoms with E-state index in [2.05, 4.69) is 10.3 Å². The van der Waals surface area contributed by atoms with Gasteiger partial charge in [-0.2, -0.15) is 0 Å². The number of carbonyl (C=O) groups excluding carboxylic acids is 3. The monoisotopic (exact) mass is 419 g/mol. The highest BCUT2D eigenvalue weighted by Crippen LogP contribution is 2.30. The third-order valence-corrected chi connectivity index (χ3v) is 6.35. The number of aromatic nitrogens is 1. The average molecular weight is 420 g/mol. The molecule has 1 N–H and O–H groups in total. The van der Waals surface area contributed by atoms with Crippen LogP contribution in [0.1, 0.15) is 43.3 Å². The second-order valence-corrected chi connectivity index (χ2v) is 8.26. The largest absolute Gasteiger partial charge is 0.351 e. The van der Waals surface area contributed by atoms with Gasteiger partial charge in [0, 0.05) is 23.4 Å². The van der Waals surface area contributed by atoms with E-state index in [9.17, 15) is 14.4 Å². The summed E-state index contributed by atoms with van der Waals surface area (Å²) in [6, 6.07) is 14.8. The first-order chi connectivity index (χ1) is 14.5. The fraction of sp³-hybridized carbons (Fsp3) is 0.217. The Bertz CT molecular complexity index is 1120. The van der Waals surface area contributed by atoms with Crippen LogP contribution in [-0.2, 0) is 11.3 Å². The Labute approximate surface area is 178 Å². The van der Waals surface area contributed by atoms with Crippen molar-refractivity contribution >= 4 is 29.1 Å². The first-order valence-corrected chi connectivity index (χ1v) is 10.5. The molecular formula is C23H21N3O3S. The molecule has 2 aromatic carbocycles. The van der Waals surface area contributed by atoms with Gasteiger partial charge >= 0.3 is 0 Å². The number of carbonyl (C=O) groups is 3. The fourth-order valence-corrected chi connectivity index (χ4v) is 4.54. The molecule has 0 spiro atoms. The highest BCUT2D eigenvalue weighted by Gasteiger charge is 2.34. The molecule has 3 amide bonds. The molecule has 0 radical (unpaired) electrons. The zero-order chi connectivity index (χ0) is 21.3. The average Bonchev–Trinajstić information content (AvgIpc) is 3.23. The third-order valence-electron chi connectivity index (χ3n) is 5.15. The van der Waals surface area contributed by atoms with Crippen LogP contribution in [-0.4, -0.2) is 34.2 Å². The van der Waals surface area contributed by atoms with Gasteiger partial charge in [-0.3, -0.25) is 19.3 Å². The number of hydrogen-bond acceptors (Lipinski definition) is 5. The SMILES string of the molecule is Cc1ccccc1-c1nc(C)c(CNC(=O)CCN2C(=O)c3ccccc3C2=O)s1. The lowest BCUT2D eigenvalue weighted by Crippen LogP contribution is -2.34. The van der Waals surface area contributed by atoms with Gasteiger partial charge in [-0.05, 0) is 31.5 Å². The molecule has 1 aromatic heterocycles. The zero-order valence-corrected chi connectivity index (χ0v) is 17.6. The summed E-state index contributed by atoms with van der Waals surface area (Å²) in [5.74, 6) is -0.897. The number of nitrogens with zero attached hydrogens (tertiary/aromatic N) is 2. The summed E-state index contributed by atoms with van der Waals surface area (Å²) in [4.78, 5) is 43.8. The molecule has 0 fully saturated rings. The molecule has 0 saturated heterocycles. The van der Waals surface area contributed by atoms with E-state index in [1.54, 1.807) is 35.6 Å². The Hall–Kier alpha value is -3.32. The highest BCUT2D eigenvalue weighted by molar-refractivity contribution is 7.15. The van der Waals surface area contributed by atoms with Gasteiger partial charge < -0.3 is 5.32 Å². The van der Waals surface area contributed by atoms with Crippen LogP contribution in [0.4, 0.5) is 0 Å². The number of nitrogens with one attached hydrogen (secondary N) is 1. The minimum atomic E-state index is -0.343. The number of imide groups is 1. The van der Waals surface area contributed by atoms with Crippen molar-refractivity contribution in [1.29, 1.82) is 0 Å². The molecule has 0 bridgehead atoms. The number of aryl methyl sites for hydroxylation is 2. The maximum absolute atomic E-state index is 12.4. The van der Waals surface area contributed by atoms with Crippen LogP contribution in [0.25, 0.3) is 10.6 Å². The van der Waals surface area contributed by atoms with Crippen LogP contribution in [0.15, 0.2) is 48.5 Å². The normalized spacial score (nSPS) is 12.9. The van der Waals surface area contributed by atoms with Crippen molar-refractivity contribution in [2.45, 2.75) is 26.8 Å². The van der Waals surface area contributed by atoms with Gasteiger partial charge in [-0.15, -0.1) is 11.3 Å². The Balaban J connectivity index is 1.35. The smallest absolute Gasteiger partial charge is 0.261 e. The predicted octanol–water partition coefficient (Wildman–Crippen LogP) is 3.73. The standard InChI is InChI=1S/C23H21N3O3S/c1-14-7-3-4-8-16(14)21-25-15(2)19(30-21)13-24-20(27)11-12-26-22(28)17-9-5-6-10-18(17)23(26)29/h3-10H,11-13H2,1-2H3,(H,24,27). The van der Waals surface area contributed by atoms with E-state index in [0.717, 1.165) is 31.6 Å². The summed E-state index contributed by atoms with van der Waals surface area (Å²) in [6.07, 6.45) is 0.0635. The Morgan fingerprint density at radius 2 is 1.57 bits per heavy atom. The molecule has 0 unspecified atom stereocenters. The van der Waals surface area contributed by atoms with E-state index < -0.39 is 0 Å². The van der Waals surface area contributed by atoms with Gasteiger partial charge in [0.2, 0.25) is 5.91 Å². The van der Waals surface area contributed by atoms with Crippen molar-refractivity contribution in [3.63, 3.8) is 0 Å². The van der Waals surface area contributed by atoms with E-state index in [0.29, 0.717) is 17.7 Å². The molecule has 30 heavy (non-hydrogen) atoms. The van der Waals surface area contributed by atoms with Crippen molar-refractivity contribution in [3.05, 3.63) is 75.8 Å². The molecule has 0 aliphatic carbocycles. The topological polar surface area (TPSA) is 79.4 Å². The summed E-state index contributed by atoms with van der Waals surface area (Å²) in [5, 5.41) is 3.81. The van der Waals surface area contributed by atoms with Gasteiger partial charge in [-0.25, -0.2) is 4.98 Å². The summed E-state index contributed by atoms with van der Waals surface area (Å²) < 4.78 is 0. The van der Waals surface area contributed by atoms with E-state index in [4.69, 9.17) is 0 Å². The maximum atomic E-state index is 12.4. The quantitative estimate of drug-likeness (QED) is 0.618. The molecule has 1 aliphatic rings. The number of fused-ring (bicyclic) bond motifs is 1. The molecule has 4 rings (SSSR count). The second-order valence-electron chi connectivity index (χ2n) is 7.18. The van der Waals surface area contributed by atoms with Gasteiger partial charge in [0.15, 0.2) is 0 Å². The van der Waals surface area contributed by atoms with Gasteiger partial charge in [0.1, 0.15) is 5.01 Å². The summed E-state index contributed by atoms with van der Waals surface area (Å²) >= 11 is 1.56. The Kier molecular flexibility index (Phi) is 5.46. The highest BCUT2D eigenvalue weighted by atomic mass is 32.1. The summed E-state index contributed by atoms with van der Waals surface area (Å²) in [7, 11) is 0. The van der Waals surface area contributed by atoms with Crippen molar-refractivity contribution in [1.82, 2.24) is 15.2 Å². The zero-order valence-electron chi connectivity index (χ0n) is 16.8. The summed E-state index contributed by atoms with van der Waals surface area (Å²) in [6.45, 7) is 4.41. The number of hydrogen-bond donors (Lipinski definition) is 1. The maximum Gasteiger partial charge on any atom is 0.261 e. The van der Waals surface area contributed by atoms with Gasteiger partial charge in [0.25, 0.3) is 11.8 Å². The van der Waals surface area contributed by atoms with Crippen LogP contribution in [0.3, 0.4) is 0 Å². The molecule has 2 heterocycles.